The molecule has 0 saturated heterocycles. The zero-order valence-electron chi connectivity index (χ0n) is 3.37. The second kappa shape index (κ2) is 4.27. The largest absolute Gasteiger partial charge is 0.110 e. The van der Waals surface area contributed by atoms with Crippen LogP contribution in [-0.2, 0) is 0 Å². The highest BCUT2D eigenvalue weighted by molar-refractivity contribution is 6.80. The van der Waals surface area contributed by atoms with Crippen LogP contribution in [0.3, 0.4) is 0 Å². The first kappa shape index (κ1) is 8.38. The maximum Gasteiger partial charge on any atom is 0.100 e. The first-order chi connectivity index (χ1) is 3.13. The molecule has 5 heteroatoms. The number of alkyl halides is 4. The molecule has 0 radical (unpaired) electrons. The summed E-state index contributed by atoms with van der Waals surface area (Å²) >= 11 is 21.3. The van der Waals surface area contributed by atoms with E-state index in [-0.39, 0.29) is 8.92 Å². The molecular weight excluding hydrogens is 194 g/mol. The summed E-state index contributed by atoms with van der Waals surface area (Å²) < 4.78 is -0.611. The van der Waals surface area contributed by atoms with Gasteiger partial charge in [-0.2, -0.15) is 0 Å². The molecule has 0 aromatic rings. The predicted molar refractivity (Wildman–Crippen MR) is 39.5 cm³/mol. The molecule has 0 amide bonds. The molecule has 0 aliphatic carbocycles. The van der Waals surface area contributed by atoms with Gasteiger partial charge in [0.25, 0.3) is 0 Å². The summed E-state index contributed by atoms with van der Waals surface area (Å²) in [5, 5.41) is 0. The zero-order valence-corrected chi connectivity index (χ0v) is 7.81. The van der Waals surface area contributed by atoms with Crippen molar-refractivity contribution in [2.45, 2.75) is 8.92 Å². The highest BCUT2D eigenvalue weighted by atomic mass is 35.5. The van der Waals surface area contributed by atoms with E-state index in [1.807, 2.05) is 0 Å². The van der Waals surface area contributed by atoms with E-state index < -0.39 is 9.52 Å². The molecule has 0 saturated carbocycles. The first-order valence-electron chi connectivity index (χ1n) is 1.69. The topological polar surface area (TPSA) is 0 Å². The average Bonchev–Trinajstić information content (AvgIpc) is 1.27. The van der Waals surface area contributed by atoms with Crippen LogP contribution in [0.25, 0.3) is 0 Å². The van der Waals surface area contributed by atoms with Crippen molar-refractivity contribution in [3.63, 3.8) is 0 Å². The molecule has 0 N–H and O–H groups in total. The van der Waals surface area contributed by atoms with Crippen LogP contribution in [0.2, 0.25) is 0 Å². The van der Waals surface area contributed by atoms with E-state index in [1.54, 1.807) is 0 Å². The van der Waals surface area contributed by atoms with Gasteiger partial charge in [0.1, 0.15) is 9.52 Å². The highest BCUT2D eigenvalue weighted by Gasteiger charge is 2.05. The highest BCUT2D eigenvalue weighted by Crippen LogP contribution is 2.07. The summed E-state index contributed by atoms with van der Waals surface area (Å²) in [7, 11) is -0.657. The lowest BCUT2D eigenvalue weighted by Crippen LogP contribution is -2.09. The van der Waals surface area contributed by atoms with Crippen molar-refractivity contribution in [3.05, 3.63) is 0 Å². The quantitative estimate of drug-likeness (QED) is 0.467. The van der Waals surface area contributed by atoms with Crippen LogP contribution in [0.4, 0.5) is 0 Å². The monoisotopic (exact) mass is 196 g/mol. The average molecular weight is 198 g/mol. The van der Waals surface area contributed by atoms with E-state index in [0.29, 0.717) is 0 Å². The smallest absolute Gasteiger partial charge is 0.100 e. The first-order valence-corrected chi connectivity index (χ1v) is 5.07. The van der Waals surface area contributed by atoms with Crippen molar-refractivity contribution < 1.29 is 0 Å². The Bertz CT molecular complexity index is 39.0. The van der Waals surface area contributed by atoms with Crippen LogP contribution in [0.1, 0.15) is 0 Å². The lowest BCUT2D eigenvalue weighted by atomic mass is 11.8. The van der Waals surface area contributed by atoms with Crippen molar-refractivity contribution >= 4 is 55.9 Å². The van der Waals surface area contributed by atoms with Gasteiger partial charge >= 0.3 is 0 Å². The fourth-order valence-electron chi connectivity index (χ4n) is 0.135. The van der Waals surface area contributed by atoms with Crippen molar-refractivity contribution in [1.82, 2.24) is 0 Å². The van der Waals surface area contributed by atoms with Gasteiger partial charge in [0.15, 0.2) is 0 Å². The van der Waals surface area contributed by atoms with Crippen LogP contribution < -0.4 is 0 Å². The Labute approximate surface area is 64.9 Å². The SMILES string of the molecule is ClC(Cl)[SiH2]C(Cl)Cl. The molecule has 0 aromatic carbocycles. The number of halogens is 4. The second-order valence-electron chi connectivity index (χ2n) is 1.02. The van der Waals surface area contributed by atoms with E-state index >= 15 is 0 Å². The predicted octanol–water partition coefficient (Wildman–Crippen LogP) is 1.68. The van der Waals surface area contributed by atoms with Gasteiger partial charge in [-0.05, 0) is 0 Å². The summed E-state index contributed by atoms with van der Waals surface area (Å²) in [6.07, 6.45) is 0. The van der Waals surface area contributed by atoms with Crippen LogP contribution in [-0.4, -0.2) is 18.4 Å². The molecule has 0 rings (SSSR count). The molecular formula is C2H4Cl4Si. The maximum atomic E-state index is 5.33. The van der Waals surface area contributed by atoms with E-state index in [2.05, 4.69) is 0 Å². The van der Waals surface area contributed by atoms with Crippen LogP contribution in [0.5, 0.6) is 0 Å². The maximum absolute atomic E-state index is 5.33. The molecule has 0 nitrogen and oxygen atoms in total. The Morgan fingerprint density at radius 2 is 1.14 bits per heavy atom. The molecule has 0 atom stereocenters. The summed E-state index contributed by atoms with van der Waals surface area (Å²) in [6, 6.07) is 0. The van der Waals surface area contributed by atoms with Crippen molar-refractivity contribution in [2.24, 2.45) is 0 Å². The third-order valence-electron chi connectivity index (χ3n) is 0.356. The summed E-state index contributed by atoms with van der Waals surface area (Å²) in [4.78, 5) is 0. The van der Waals surface area contributed by atoms with Crippen LogP contribution in [0.15, 0.2) is 0 Å². The van der Waals surface area contributed by atoms with Crippen molar-refractivity contribution in [1.29, 1.82) is 0 Å². The molecule has 44 valence electrons. The molecule has 0 fully saturated rings. The van der Waals surface area contributed by atoms with Gasteiger partial charge in [-0.3, -0.25) is 0 Å². The van der Waals surface area contributed by atoms with E-state index in [0.717, 1.165) is 0 Å². The van der Waals surface area contributed by atoms with Gasteiger partial charge in [-0.1, -0.05) is 0 Å². The lowest BCUT2D eigenvalue weighted by molar-refractivity contribution is 1.75. The minimum Gasteiger partial charge on any atom is -0.110 e. The van der Waals surface area contributed by atoms with Gasteiger partial charge in [-0.25, -0.2) is 0 Å². The molecule has 0 aromatic heterocycles. The number of rotatable bonds is 2. The molecule has 7 heavy (non-hydrogen) atoms. The Balaban J connectivity index is 2.95. The van der Waals surface area contributed by atoms with Gasteiger partial charge < -0.3 is 0 Å². The van der Waals surface area contributed by atoms with Gasteiger partial charge in [0, 0.05) is 0 Å². The lowest BCUT2D eigenvalue weighted by Gasteiger charge is -1.96. The standard InChI is InChI=1S/C2H4Cl4Si/c3-1(4)7-2(5)6/h1-2H,7H2. The van der Waals surface area contributed by atoms with E-state index in [4.69, 9.17) is 46.4 Å². The number of hydrogen-bond donors (Lipinski definition) is 0. The second-order valence-corrected chi connectivity index (χ2v) is 7.75. The van der Waals surface area contributed by atoms with Gasteiger partial charge in [0.05, 0.1) is 8.92 Å². The van der Waals surface area contributed by atoms with Crippen molar-refractivity contribution in [2.75, 3.05) is 0 Å². The minimum absolute atomic E-state index is 0.306. The van der Waals surface area contributed by atoms with E-state index in [9.17, 15) is 0 Å². The summed E-state index contributed by atoms with van der Waals surface area (Å²) in [5.41, 5.74) is 0. The Hall–Kier alpha value is 1.38. The molecule has 0 aliphatic heterocycles. The van der Waals surface area contributed by atoms with Gasteiger partial charge in [0.2, 0.25) is 0 Å². The van der Waals surface area contributed by atoms with Crippen molar-refractivity contribution in [3.8, 4) is 0 Å². The third kappa shape index (κ3) is 7.38. The Kier molecular flexibility index (Phi) is 5.12. The summed E-state index contributed by atoms with van der Waals surface area (Å²) in [5.74, 6) is 0. The summed E-state index contributed by atoms with van der Waals surface area (Å²) in [6.45, 7) is 0. The normalized spacial score (nSPS) is 11.1. The fraction of sp³-hybridized carbons (Fsp3) is 1.00. The molecule has 0 spiro atoms. The fourth-order valence-corrected chi connectivity index (χ4v) is 3.64. The molecule has 0 aliphatic rings. The van der Waals surface area contributed by atoms with Gasteiger partial charge in [-0.15, -0.1) is 46.4 Å². The molecule has 0 heterocycles. The Morgan fingerprint density at radius 1 is 0.857 bits per heavy atom. The van der Waals surface area contributed by atoms with Crippen LogP contribution in [0, 0.1) is 0 Å². The number of hydrogen-bond acceptors (Lipinski definition) is 0. The third-order valence-corrected chi connectivity index (χ3v) is 3.21. The minimum atomic E-state index is -0.657. The van der Waals surface area contributed by atoms with E-state index in [1.165, 1.54) is 0 Å². The molecule has 0 unspecified atom stereocenters. The zero-order chi connectivity index (χ0) is 5.86. The van der Waals surface area contributed by atoms with Crippen LogP contribution >= 0.6 is 46.4 Å². The Morgan fingerprint density at radius 3 is 1.14 bits per heavy atom. The molecule has 0 bridgehead atoms.